The zero-order chi connectivity index (χ0) is 14.2. The Hall–Kier alpha value is -0.0969. The van der Waals surface area contributed by atoms with Crippen LogP contribution >= 0.6 is 0 Å². The molecule has 1 unspecified atom stereocenters. The first-order valence-electron chi connectivity index (χ1n) is 6.12. The first-order chi connectivity index (χ1) is 8.49. The van der Waals surface area contributed by atoms with Crippen LogP contribution in [0.2, 0.25) is 0 Å². The van der Waals surface area contributed by atoms with Crippen LogP contribution in [0.3, 0.4) is 0 Å². The van der Waals surface area contributed by atoms with Crippen molar-refractivity contribution in [3.63, 3.8) is 0 Å². The molecular weight excluding hydrogens is 331 g/mol. The molecule has 0 rings (SSSR count). The molecule has 0 fully saturated rings. The summed E-state index contributed by atoms with van der Waals surface area (Å²) in [6.07, 6.45) is -1.29. The average molecular weight is 353 g/mol. The van der Waals surface area contributed by atoms with Gasteiger partial charge in [0.15, 0.2) is 5.60 Å². The molecule has 0 aliphatic carbocycles. The number of ketones is 1. The second-order valence-corrected chi connectivity index (χ2v) is 3.51. The minimum Gasteiger partial charge on any atom is -0.546 e. The van der Waals surface area contributed by atoms with Gasteiger partial charge < -0.3 is 24.1 Å². The van der Waals surface area contributed by atoms with Gasteiger partial charge >= 0.3 is 26.2 Å². The van der Waals surface area contributed by atoms with Gasteiger partial charge in [0, 0.05) is 19.8 Å². The van der Waals surface area contributed by atoms with Crippen molar-refractivity contribution in [2.24, 2.45) is 0 Å². The number of ether oxygens (including phenoxy) is 3. The fraction of sp³-hybridized carbons (Fsp3) is 0.833. The maximum atomic E-state index is 12.2. The van der Waals surface area contributed by atoms with Gasteiger partial charge in [-0.3, -0.25) is 4.79 Å². The number of carbonyl (C=O) groups is 2. The molecule has 7 heteroatoms. The van der Waals surface area contributed by atoms with Crippen molar-refractivity contribution in [2.75, 3.05) is 19.8 Å². The standard InChI is InChI=1S/C12H22O6.Zr/c1-5-12(11(14)15,18-8-4)9(13)10(16-6-2)17-7-3;/h10H,5-8H2,1-4H3,(H,14,15);/q;+1/p-1. The van der Waals surface area contributed by atoms with Crippen molar-refractivity contribution in [1.82, 2.24) is 0 Å². The van der Waals surface area contributed by atoms with Crippen molar-refractivity contribution >= 4 is 11.8 Å². The van der Waals surface area contributed by atoms with Gasteiger partial charge in [0.25, 0.3) is 0 Å². The molecule has 0 aliphatic rings. The minimum atomic E-state index is -2.01. The monoisotopic (exact) mass is 351 g/mol. The van der Waals surface area contributed by atoms with Crippen molar-refractivity contribution in [3.8, 4) is 0 Å². The van der Waals surface area contributed by atoms with Gasteiger partial charge in [-0.25, -0.2) is 0 Å². The first kappa shape index (κ1) is 21.2. The van der Waals surface area contributed by atoms with E-state index in [1.54, 1.807) is 20.8 Å². The van der Waals surface area contributed by atoms with E-state index in [1.807, 2.05) is 0 Å². The number of hydrogen-bond donors (Lipinski definition) is 0. The summed E-state index contributed by atoms with van der Waals surface area (Å²) < 4.78 is 15.3. The van der Waals surface area contributed by atoms with E-state index in [4.69, 9.17) is 14.2 Å². The van der Waals surface area contributed by atoms with Crippen molar-refractivity contribution in [1.29, 1.82) is 0 Å². The summed E-state index contributed by atoms with van der Waals surface area (Å²) in [7, 11) is 0. The minimum absolute atomic E-state index is 0. The molecule has 0 aromatic carbocycles. The fourth-order valence-electron chi connectivity index (χ4n) is 1.59. The van der Waals surface area contributed by atoms with Gasteiger partial charge in [0.1, 0.15) is 0 Å². The molecule has 6 nitrogen and oxygen atoms in total. The van der Waals surface area contributed by atoms with E-state index >= 15 is 0 Å². The Morgan fingerprint density at radius 3 is 1.79 bits per heavy atom. The van der Waals surface area contributed by atoms with Gasteiger partial charge in [-0.2, -0.15) is 0 Å². The molecular formula is C12H21O6Zr. The molecule has 0 N–H and O–H groups in total. The van der Waals surface area contributed by atoms with Gasteiger partial charge in [-0.05, 0) is 27.2 Å². The smallest absolute Gasteiger partial charge is 0.546 e. The SMILES string of the molecule is CCOC(OCC)C(=O)C(CC)(OCC)C(=O)[O-].[Zr+]. The van der Waals surface area contributed by atoms with Gasteiger partial charge in [-0.1, -0.05) is 6.92 Å². The summed E-state index contributed by atoms with van der Waals surface area (Å²) in [5.74, 6) is -2.34. The van der Waals surface area contributed by atoms with Crippen LogP contribution in [0, 0.1) is 0 Å². The van der Waals surface area contributed by atoms with Crippen LogP contribution in [0.4, 0.5) is 0 Å². The van der Waals surface area contributed by atoms with E-state index in [0.29, 0.717) is 0 Å². The quantitative estimate of drug-likeness (QED) is 0.403. The average Bonchev–Trinajstić information content (AvgIpc) is 2.34. The Labute approximate surface area is 132 Å². The maximum Gasteiger partial charge on any atom is 1.00 e. The summed E-state index contributed by atoms with van der Waals surface area (Å²) in [4.78, 5) is 23.4. The summed E-state index contributed by atoms with van der Waals surface area (Å²) in [6.45, 7) is 7.07. The second-order valence-electron chi connectivity index (χ2n) is 3.51. The molecule has 0 bridgehead atoms. The molecule has 0 saturated carbocycles. The van der Waals surface area contributed by atoms with Crippen LogP contribution in [0.5, 0.6) is 0 Å². The van der Waals surface area contributed by atoms with Gasteiger partial charge in [-0.15, -0.1) is 0 Å². The third-order valence-electron chi connectivity index (χ3n) is 2.47. The number of carboxylic acid groups (broad SMARTS) is 1. The molecule has 0 saturated heterocycles. The second kappa shape index (κ2) is 10.7. The van der Waals surface area contributed by atoms with Crippen molar-refractivity contribution in [3.05, 3.63) is 0 Å². The van der Waals surface area contributed by atoms with Crippen LogP contribution in [0.15, 0.2) is 0 Å². The van der Waals surface area contributed by atoms with Crippen LogP contribution < -0.4 is 5.11 Å². The summed E-state index contributed by atoms with van der Waals surface area (Å²) in [5.41, 5.74) is -2.01. The number of carbonyl (C=O) groups excluding carboxylic acids is 2. The van der Waals surface area contributed by atoms with Crippen molar-refractivity contribution in [2.45, 2.75) is 46.0 Å². The molecule has 0 aromatic rings. The molecule has 1 atom stereocenters. The van der Waals surface area contributed by atoms with E-state index in [1.165, 1.54) is 6.92 Å². The predicted octanol–water partition coefficient (Wildman–Crippen LogP) is -0.113. The number of hydrogen-bond acceptors (Lipinski definition) is 6. The zero-order valence-corrected chi connectivity index (χ0v) is 14.3. The molecule has 0 heterocycles. The predicted molar refractivity (Wildman–Crippen MR) is 61.7 cm³/mol. The van der Waals surface area contributed by atoms with E-state index in [2.05, 4.69) is 0 Å². The van der Waals surface area contributed by atoms with Crippen LogP contribution in [-0.2, 0) is 50.0 Å². The molecule has 1 radical (unpaired) electrons. The zero-order valence-electron chi connectivity index (χ0n) is 11.9. The Bertz CT molecular complexity index is 277. The maximum absolute atomic E-state index is 12.2. The summed E-state index contributed by atoms with van der Waals surface area (Å²) in [6, 6.07) is 0. The number of Topliss-reactive ketones (excluding diaryl/α,β-unsaturated/α-hetero) is 1. The van der Waals surface area contributed by atoms with E-state index in [9.17, 15) is 14.7 Å². The molecule has 0 aromatic heterocycles. The molecule has 0 amide bonds. The largest absolute Gasteiger partial charge is 1.00 e. The van der Waals surface area contributed by atoms with Gasteiger partial charge in [0.05, 0.1) is 5.97 Å². The third kappa shape index (κ3) is 5.42. The number of carboxylic acids is 1. The van der Waals surface area contributed by atoms with Crippen molar-refractivity contribution < 1.29 is 55.1 Å². The fourth-order valence-corrected chi connectivity index (χ4v) is 1.59. The Kier molecular flexibility index (Phi) is 11.9. The van der Waals surface area contributed by atoms with Crippen LogP contribution in [-0.4, -0.2) is 43.5 Å². The molecule has 109 valence electrons. The van der Waals surface area contributed by atoms with E-state index in [-0.39, 0.29) is 52.4 Å². The molecule has 0 aliphatic heterocycles. The molecule has 0 spiro atoms. The Morgan fingerprint density at radius 1 is 1.05 bits per heavy atom. The first-order valence-corrected chi connectivity index (χ1v) is 6.12. The normalized spacial score (nSPS) is 13.7. The van der Waals surface area contributed by atoms with Crippen LogP contribution in [0.1, 0.15) is 34.1 Å². The Balaban J connectivity index is 0. The molecule has 19 heavy (non-hydrogen) atoms. The topological polar surface area (TPSA) is 84.9 Å². The van der Waals surface area contributed by atoms with E-state index < -0.39 is 23.6 Å². The number of rotatable bonds is 10. The summed E-state index contributed by atoms with van der Waals surface area (Å²) >= 11 is 0. The van der Waals surface area contributed by atoms with E-state index in [0.717, 1.165) is 0 Å². The summed E-state index contributed by atoms with van der Waals surface area (Å²) in [5, 5.41) is 11.2. The van der Waals surface area contributed by atoms with Crippen LogP contribution in [0.25, 0.3) is 0 Å². The third-order valence-corrected chi connectivity index (χ3v) is 2.47. The number of aliphatic carboxylic acids is 1. The van der Waals surface area contributed by atoms with Gasteiger partial charge in [0.2, 0.25) is 12.1 Å². The Morgan fingerprint density at radius 2 is 1.53 bits per heavy atom.